The van der Waals surface area contributed by atoms with Crippen molar-refractivity contribution in [3.8, 4) is 0 Å². The molecule has 26 heavy (non-hydrogen) atoms. The maximum Gasteiger partial charge on any atom is 0.248 e. The van der Waals surface area contributed by atoms with E-state index in [2.05, 4.69) is 21.0 Å². The van der Waals surface area contributed by atoms with Gasteiger partial charge >= 0.3 is 0 Å². The zero-order valence-corrected chi connectivity index (χ0v) is 15.5. The fourth-order valence-corrected chi connectivity index (χ4v) is 4.39. The van der Waals surface area contributed by atoms with Crippen molar-refractivity contribution in [2.45, 2.75) is 31.0 Å². The second kappa shape index (κ2) is 6.32. The number of hydrogen-bond donors (Lipinski definition) is 0. The Morgan fingerprint density at radius 1 is 1.19 bits per heavy atom. The summed E-state index contributed by atoms with van der Waals surface area (Å²) in [5.74, 6) is -0.687. The molecule has 2 aromatic carbocycles. The van der Waals surface area contributed by atoms with Crippen LogP contribution in [-0.2, 0) is 4.79 Å². The molecular formula is C19H16BrN3O3. The first-order valence-corrected chi connectivity index (χ1v) is 9.09. The van der Waals surface area contributed by atoms with Gasteiger partial charge in [-0.2, -0.15) is 5.10 Å². The number of Topliss-reactive ketones (excluding diaryl/α,β-unsaturated/α-hetero) is 1. The quantitative estimate of drug-likeness (QED) is 0.569. The minimum Gasteiger partial charge on any atom is -0.298 e. The normalized spacial score (nSPS) is 26.3. The van der Waals surface area contributed by atoms with Crippen molar-refractivity contribution in [2.24, 2.45) is 5.10 Å². The third-order valence-corrected chi connectivity index (χ3v) is 5.69. The van der Waals surface area contributed by atoms with Gasteiger partial charge in [0.2, 0.25) is 6.04 Å². The molecule has 0 saturated carbocycles. The molecule has 1 fully saturated rings. The number of halogens is 1. The second-order valence-corrected chi connectivity index (χ2v) is 7.52. The molecule has 0 aliphatic carbocycles. The van der Waals surface area contributed by atoms with Gasteiger partial charge in [0.05, 0.1) is 12.1 Å². The topological polar surface area (TPSA) is 75.8 Å². The summed E-state index contributed by atoms with van der Waals surface area (Å²) in [6.45, 7) is 1.48. The molecule has 6 nitrogen and oxygen atoms in total. The SMILES string of the molecule is CC(=O)[C@H]1[C@H](c2ccc(Br)cc2)[C@H]([N+](=O)[O-])[C@H]2c3ccccc3C=NN21. The number of hydrazone groups is 1. The molecule has 0 N–H and O–H groups in total. The second-order valence-electron chi connectivity index (χ2n) is 6.61. The summed E-state index contributed by atoms with van der Waals surface area (Å²) in [5.41, 5.74) is 2.48. The molecular weight excluding hydrogens is 398 g/mol. The molecule has 4 atom stereocenters. The first-order chi connectivity index (χ1) is 12.5. The fraction of sp³-hybridized carbons (Fsp3) is 0.263. The smallest absolute Gasteiger partial charge is 0.248 e. The molecule has 0 aromatic heterocycles. The third-order valence-electron chi connectivity index (χ3n) is 5.16. The Morgan fingerprint density at radius 3 is 2.54 bits per heavy atom. The minimum atomic E-state index is -0.955. The van der Waals surface area contributed by atoms with Crippen molar-refractivity contribution in [3.05, 3.63) is 79.8 Å². The maximum absolute atomic E-state index is 12.5. The zero-order valence-electron chi connectivity index (χ0n) is 13.9. The molecule has 7 heteroatoms. The number of nitrogens with zero attached hydrogens (tertiary/aromatic N) is 3. The van der Waals surface area contributed by atoms with E-state index in [1.54, 1.807) is 11.2 Å². The lowest BCUT2D eigenvalue weighted by molar-refractivity contribution is -0.529. The van der Waals surface area contributed by atoms with Crippen molar-refractivity contribution in [1.82, 2.24) is 5.01 Å². The van der Waals surface area contributed by atoms with Crippen molar-refractivity contribution < 1.29 is 9.72 Å². The van der Waals surface area contributed by atoms with Crippen molar-refractivity contribution in [2.75, 3.05) is 0 Å². The molecule has 0 unspecified atom stereocenters. The summed E-state index contributed by atoms with van der Waals surface area (Å²) >= 11 is 3.39. The van der Waals surface area contributed by atoms with Crippen LogP contribution in [0.5, 0.6) is 0 Å². The molecule has 2 aliphatic heterocycles. The van der Waals surface area contributed by atoms with Gasteiger partial charge in [0.15, 0.2) is 5.78 Å². The molecule has 0 spiro atoms. The number of carbonyl (C=O) groups is 1. The van der Waals surface area contributed by atoms with E-state index in [1.165, 1.54) is 6.92 Å². The first kappa shape index (κ1) is 16.9. The monoisotopic (exact) mass is 413 g/mol. The van der Waals surface area contributed by atoms with Crippen LogP contribution in [0.15, 0.2) is 58.1 Å². The molecule has 2 heterocycles. The van der Waals surface area contributed by atoms with Gasteiger partial charge in [-0.1, -0.05) is 52.3 Å². The highest BCUT2D eigenvalue weighted by Crippen LogP contribution is 2.49. The molecule has 2 aliphatic rings. The van der Waals surface area contributed by atoms with E-state index in [0.717, 1.165) is 21.2 Å². The molecule has 132 valence electrons. The molecule has 1 saturated heterocycles. The fourth-order valence-electron chi connectivity index (χ4n) is 4.12. The van der Waals surface area contributed by atoms with E-state index >= 15 is 0 Å². The summed E-state index contributed by atoms with van der Waals surface area (Å²) < 4.78 is 0.886. The lowest BCUT2D eigenvalue weighted by atomic mass is 9.84. The highest BCUT2D eigenvalue weighted by atomic mass is 79.9. The molecule has 4 rings (SSSR count). The van der Waals surface area contributed by atoms with Crippen LogP contribution in [0, 0.1) is 10.1 Å². The van der Waals surface area contributed by atoms with Crippen molar-refractivity contribution >= 4 is 27.9 Å². The van der Waals surface area contributed by atoms with Gasteiger partial charge in [0.25, 0.3) is 0 Å². The number of fused-ring (bicyclic) bond motifs is 3. The number of hydrogen-bond acceptors (Lipinski definition) is 5. The van der Waals surface area contributed by atoms with Gasteiger partial charge in [-0.25, -0.2) is 0 Å². The molecule has 0 amide bonds. The Kier molecular flexibility index (Phi) is 4.11. The number of nitro groups is 1. The Labute approximate surface area is 158 Å². The van der Waals surface area contributed by atoms with Crippen molar-refractivity contribution in [1.29, 1.82) is 0 Å². The standard InChI is InChI=1S/C19H16BrN3O3/c1-11(24)17-16(12-6-8-14(20)9-7-12)19(23(25)26)18-15-5-3-2-4-13(15)10-21-22(17)18/h2-10,16-19H,1H3/t16-,17-,18+,19-/m0/s1. The minimum absolute atomic E-state index is 0.121. The zero-order chi connectivity index (χ0) is 18.4. The van der Waals surface area contributed by atoms with Crippen molar-refractivity contribution in [3.63, 3.8) is 0 Å². The highest BCUT2D eigenvalue weighted by Gasteiger charge is 2.59. The van der Waals surface area contributed by atoms with Crippen LogP contribution < -0.4 is 0 Å². The summed E-state index contributed by atoms with van der Waals surface area (Å²) in [6.07, 6.45) is 1.68. The van der Waals surface area contributed by atoms with E-state index in [9.17, 15) is 14.9 Å². The Morgan fingerprint density at radius 2 is 1.88 bits per heavy atom. The van der Waals surface area contributed by atoms with Crippen LogP contribution in [0.1, 0.15) is 35.6 Å². The molecule has 0 bridgehead atoms. The van der Waals surface area contributed by atoms with Crippen LogP contribution in [0.2, 0.25) is 0 Å². The van der Waals surface area contributed by atoms with Crippen LogP contribution >= 0.6 is 15.9 Å². The lowest BCUT2D eigenvalue weighted by Crippen LogP contribution is -2.36. The van der Waals surface area contributed by atoms with Gasteiger partial charge in [-0.15, -0.1) is 0 Å². The predicted molar refractivity (Wildman–Crippen MR) is 101 cm³/mol. The third kappa shape index (κ3) is 2.54. The van der Waals surface area contributed by atoms with Gasteiger partial charge < -0.3 is 0 Å². The summed E-state index contributed by atoms with van der Waals surface area (Å²) in [4.78, 5) is 24.3. The highest BCUT2D eigenvalue weighted by molar-refractivity contribution is 9.10. The average molecular weight is 414 g/mol. The van der Waals surface area contributed by atoms with Gasteiger partial charge in [-0.3, -0.25) is 19.9 Å². The summed E-state index contributed by atoms with van der Waals surface area (Å²) in [5, 5.41) is 18.2. The molecule has 0 radical (unpaired) electrons. The number of carbonyl (C=O) groups excluding carboxylic acids is 1. The maximum atomic E-state index is 12.5. The number of ketones is 1. The predicted octanol–water partition coefficient (Wildman–Crippen LogP) is 3.54. The van der Waals surface area contributed by atoms with Gasteiger partial charge in [-0.05, 0) is 30.2 Å². The van der Waals surface area contributed by atoms with Crippen LogP contribution in [0.25, 0.3) is 0 Å². The van der Waals surface area contributed by atoms with Crippen LogP contribution in [0.3, 0.4) is 0 Å². The van der Waals surface area contributed by atoms with Crippen LogP contribution in [-0.4, -0.2) is 34.0 Å². The van der Waals surface area contributed by atoms with E-state index in [0.29, 0.717) is 0 Å². The summed E-state index contributed by atoms with van der Waals surface area (Å²) in [7, 11) is 0. The van der Waals surface area contributed by atoms with E-state index in [1.807, 2.05) is 48.5 Å². The van der Waals surface area contributed by atoms with Gasteiger partial charge in [0, 0.05) is 15.0 Å². The number of benzene rings is 2. The van der Waals surface area contributed by atoms with Gasteiger partial charge in [0.1, 0.15) is 12.1 Å². The Bertz CT molecular complexity index is 913. The van der Waals surface area contributed by atoms with Crippen LogP contribution in [0.4, 0.5) is 0 Å². The first-order valence-electron chi connectivity index (χ1n) is 8.29. The molecule has 2 aromatic rings. The number of rotatable bonds is 3. The average Bonchev–Trinajstić information content (AvgIpc) is 2.98. The Balaban J connectivity index is 1.91. The Hall–Kier alpha value is -2.54. The van der Waals surface area contributed by atoms with E-state index in [4.69, 9.17) is 0 Å². The van der Waals surface area contributed by atoms with E-state index in [-0.39, 0.29) is 10.7 Å². The van der Waals surface area contributed by atoms with E-state index < -0.39 is 24.0 Å². The lowest BCUT2D eigenvalue weighted by Gasteiger charge is -2.30. The largest absolute Gasteiger partial charge is 0.298 e. The summed E-state index contributed by atoms with van der Waals surface area (Å²) in [6, 6.07) is 12.7.